The summed E-state index contributed by atoms with van der Waals surface area (Å²) in [6.07, 6.45) is 5.38. The van der Waals surface area contributed by atoms with E-state index < -0.39 is 0 Å². The molecule has 1 atom stereocenters. The van der Waals surface area contributed by atoms with Crippen LogP contribution in [0.25, 0.3) is 11.0 Å². The molecule has 3 rings (SSSR count). The van der Waals surface area contributed by atoms with Crippen molar-refractivity contribution >= 4 is 38.7 Å². The topological polar surface area (TPSA) is 79.8 Å². The number of hydrogen-bond acceptors (Lipinski definition) is 5. The number of rotatable bonds is 2. The SMILES string of the molecule is C[C@@]1(Nc2ncc(Br)c3nccnc23)CNC(=O)C1. The average Bonchev–Trinajstić information content (AvgIpc) is 2.73. The van der Waals surface area contributed by atoms with Gasteiger partial charge >= 0.3 is 0 Å². The zero-order chi connectivity index (χ0) is 13.5. The third-order valence-electron chi connectivity index (χ3n) is 3.10. The summed E-state index contributed by atoms with van der Waals surface area (Å²) in [6, 6.07) is 0. The molecule has 2 aromatic rings. The highest BCUT2D eigenvalue weighted by molar-refractivity contribution is 9.10. The first kappa shape index (κ1) is 12.3. The fourth-order valence-electron chi connectivity index (χ4n) is 2.17. The highest BCUT2D eigenvalue weighted by Crippen LogP contribution is 2.28. The molecule has 1 aliphatic rings. The number of nitrogens with zero attached hydrogens (tertiary/aromatic N) is 3. The minimum atomic E-state index is -0.345. The van der Waals surface area contributed by atoms with E-state index in [-0.39, 0.29) is 11.4 Å². The Morgan fingerprint density at radius 2 is 2.05 bits per heavy atom. The second-order valence-electron chi connectivity index (χ2n) is 4.85. The van der Waals surface area contributed by atoms with E-state index in [2.05, 4.69) is 41.5 Å². The average molecular weight is 322 g/mol. The monoisotopic (exact) mass is 321 g/mol. The van der Waals surface area contributed by atoms with Crippen LogP contribution in [-0.2, 0) is 4.79 Å². The predicted octanol–water partition coefficient (Wildman–Crippen LogP) is 1.48. The van der Waals surface area contributed by atoms with Crippen LogP contribution in [0, 0.1) is 0 Å². The molecule has 1 amide bonds. The van der Waals surface area contributed by atoms with Crippen molar-refractivity contribution in [2.75, 3.05) is 11.9 Å². The van der Waals surface area contributed by atoms with Crippen LogP contribution in [0.15, 0.2) is 23.1 Å². The minimum Gasteiger partial charge on any atom is -0.361 e. The summed E-state index contributed by atoms with van der Waals surface area (Å²) in [7, 11) is 0. The molecule has 7 heteroatoms. The van der Waals surface area contributed by atoms with Gasteiger partial charge in [-0.2, -0.15) is 0 Å². The third kappa shape index (κ3) is 2.25. The lowest BCUT2D eigenvalue weighted by molar-refractivity contribution is -0.119. The van der Waals surface area contributed by atoms with Crippen molar-refractivity contribution < 1.29 is 4.79 Å². The van der Waals surface area contributed by atoms with Crippen LogP contribution in [0.3, 0.4) is 0 Å². The standard InChI is InChI=1S/C12H12BrN5O/c1-12(4-8(19)17-6-12)18-11-10-9(7(13)5-16-11)14-2-3-15-10/h2-3,5H,4,6H2,1H3,(H,16,18)(H,17,19)/t12-/m0/s1. The molecule has 1 saturated heterocycles. The second-order valence-corrected chi connectivity index (χ2v) is 5.70. The van der Waals surface area contributed by atoms with Gasteiger partial charge in [0.05, 0.1) is 16.4 Å². The normalized spacial score (nSPS) is 22.5. The van der Waals surface area contributed by atoms with Crippen molar-refractivity contribution in [3.05, 3.63) is 23.1 Å². The van der Waals surface area contributed by atoms with Crippen molar-refractivity contribution in [3.8, 4) is 0 Å². The third-order valence-corrected chi connectivity index (χ3v) is 3.68. The van der Waals surface area contributed by atoms with Gasteiger partial charge in [0.1, 0.15) is 11.0 Å². The van der Waals surface area contributed by atoms with E-state index in [0.717, 1.165) is 9.99 Å². The lowest BCUT2D eigenvalue weighted by Crippen LogP contribution is -2.37. The number of pyridine rings is 1. The number of nitrogens with one attached hydrogen (secondary N) is 2. The van der Waals surface area contributed by atoms with Gasteiger partial charge < -0.3 is 10.6 Å². The molecule has 98 valence electrons. The van der Waals surface area contributed by atoms with Crippen molar-refractivity contribution in [2.45, 2.75) is 18.9 Å². The van der Waals surface area contributed by atoms with Crippen LogP contribution in [0.5, 0.6) is 0 Å². The van der Waals surface area contributed by atoms with Crippen LogP contribution >= 0.6 is 15.9 Å². The summed E-state index contributed by atoms with van der Waals surface area (Å²) in [5, 5.41) is 6.12. The van der Waals surface area contributed by atoms with E-state index in [1.54, 1.807) is 18.6 Å². The molecule has 2 aromatic heterocycles. The van der Waals surface area contributed by atoms with Gasteiger partial charge in [-0.25, -0.2) is 9.97 Å². The Hall–Kier alpha value is -1.76. The Kier molecular flexibility index (Phi) is 2.85. The molecule has 1 fully saturated rings. The Bertz CT molecular complexity index is 662. The molecule has 2 N–H and O–H groups in total. The molecule has 0 radical (unpaired) electrons. The van der Waals surface area contributed by atoms with Gasteiger partial charge in [-0.1, -0.05) is 0 Å². The van der Waals surface area contributed by atoms with Crippen molar-refractivity contribution in [1.82, 2.24) is 20.3 Å². The maximum atomic E-state index is 11.4. The summed E-state index contributed by atoms with van der Waals surface area (Å²) in [5.74, 6) is 0.688. The van der Waals surface area contributed by atoms with Crippen LogP contribution in [0.1, 0.15) is 13.3 Å². The summed E-state index contributed by atoms with van der Waals surface area (Å²) >= 11 is 3.41. The minimum absolute atomic E-state index is 0.0440. The first-order valence-corrected chi connectivity index (χ1v) is 6.67. The van der Waals surface area contributed by atoms with Gasteiger partial charge in [0.25, 0.3) is 0 Å². The molecule has 3 heterocycles. The van der Waals surface area contributed by atoms with Gasteiger partial charge in [0, 0.05) is 25.1 Å². The Morgan fingerprint density at radius 3 is 2.74 bits per heavy atom. The van der Waals surface area contributed by atoms with Gasteiger partial charge in [-0.05, 0) is 22.9 Å². The molecule has 0 spiro atoms. The van der Waals surface area contributed by atoms with Crippen LogP contribution in [-0.4, -0.2) is 32.9 Å². The van der Waals surface area contributed by atoms with E-state index in [0.29, 0.717) is 24.3 Å². The van der Waals surface area contributed by atoms with E-state index in [1.165, 1.54) is 0 Å². The summed E-state index contributed by atoms with van der Waals surface area (Å²) in [6.45, 7) is 2.56. The summed E-state index contributed by atoms with van der Waals surface area (Å²) < 4.78 is 0.798. The molecule has 1 aliphatic heterocycles. The largest absolute Gasteiger partial charge is 0.361 e. The number of halogens is 1. The van der Waals surface area contributed by atoms with Gasteiger partial charge in [0.2, 0.25) is 5.91 Å². The molecule has 0 aromatic carbocycles. The van der Waals surface area contributed by atoms with E-state index >= 15 is 0 Å². The first-order valence-electron chi connectivity index (χ1n) is 5.87. The lowest BCUT2D eigenvalue weighted by atomic mass is 10.0. The second kappa shape index (κ2) is 4.41. The van der Waals surface area contributed by atoms with Crippen molar-refractivity contribution in [3.63, 3.8) is 0 Å². The Morgan fingerprint density at radius 1 is 1.32 bits per heavy atom. The quantitative estimate of drug-likeness (QED) is 0.875. The van der Waals surface area contributed by atoms with E-state index in [1.807, 2.05) is 6.92 Å². The maximum Gasteiger partial charge on any atom is 0.222 e. The summed E-state index contributed by atoms with van der Waals surface area (Å²) in [4.78, 5) is 24.3. The highest BCUT2D eigenvalue weighted by atomic mass is 79.9. The van der Waals surface area contributed by atoms with E-state index in [9.17, 15) is 4.79 Å². The molecular weight excluding hydrogens is 310 g/mol. The fourth-order valence-corrected chi connectivity index (χ4v) is 2.56. The lowest BCUT2D eigenvalue weighted by Gasteiger charge is -2.24. The number of carbonyl (C=O) groups excluding carboxylic acids is 1. The Balaban J connectivity index is 2.02. The van der Waals surface area contributed by atoms with Crippen molar-refractivity contribution in [1.29, 1.82) is 0 Å². The van der Waals surface area contributed by atoms with Gasteiger partial charge in [-0.15, -0.1) is 0 Å². The molecule has 0 bridgehead atoms. The zero-order valence-corrected chi connectivity index (χ0v) is 11.9. The molecule has 0 saturated carbocycles. The first-order chi connectivity index (χ1) is 9.07. The fraction of sp³-hybridized carbons (Fsp3) is 0.333. The number of carbonyl (C=O) groups is 1. The van der Waals surface area contributed by atoms with Gasteiger partial charge in [-0.3, -0.25) is 9.78 Å². The van der Waals surface area contributed by atoms with Crippen molar-refractivity contribution in [2.24, 2.45) is 0 Å². The van der Waals surface area contributed by atoms with Crippen LogP contribution in [0.4, 0.5) is 5.82 Å². The molecule has 0 aliphatic carbocycles. The molecule has 6 nitrogen and oxygen atoms in total. The number of fused-ring (bicyclic) bond motifs is 1. The molecule has 0 unspecified atom stereocenters. The van der Waals surface area contributed by atoms with Crippen LogP contribution in [0.2, 0.25) is 0 Å². The number of aromatic nitrogens is 3. The highest BCUT2D eigenvalue weighted by Gasteiger charge is 2.34. The summed E-state index contributed by atoms with van der Waals surface area (Å²) in [5.41, 5.74) is 1.10. The van der Waals surface area contributed by atoms with Gasteiger partial charge in [0.15, 0.2) is 5.82 Å². The Labute approximate surface area is 118 Å². The van der Waals surface area contributed by atoms with Crippen LogP contribution < -0.4 is 10.6 Å². The zero-order valence-electron chi connectivity index (χ0n) is 10.3. The maximum absolute atomic E-state index is 11.4. The number of hydrogen-bond donors (Lipinski definition) is 2. The number of anilines is 1. The molecular formula is C12H12BrN5O. The molecule has 19 heavy (non-hydrogen) atoms. The van der Waals surface area contributed by atoms with E-state index in [4.69, 9.17) is 0 Å². The number of amides is 1. The smallest absolute Gasteiger partial charge is 0.222 e. The predicted molar refractivity (Wildman–Crippen MR) is 74.7 cm³/mol.